The van der Waals surface area contributed by atoms with Gasteiger partial charge in [0, 0.05) is 18.8 Å². The van der Waals surface area contributed by atoms with E-state index in [4.69, 9.17) is 0 Å². The van der Waals surface area contributed by atoms with Crippen LogP contribution in [0.1, 0.15) is 42.1 Å². The second-order valence-electron chi connectivity index (χ2n) is 4.48. The number of carbonyl (C=O) groups excluding carboxylic acids is 1. The van der Waals surface area contributed by atoms with Gasteiger partial charge >= 0.3 is 0 Å². The average Bonchev–Trinajstić information content (AvgIpc) is 2.96. The van der Waals surface area contributed by atoms with Crippen LogP contribution in [-0.2, 0) is 19.9 Å². The van der Waals surface area contributed by atoms with Crippen molar-refractivity contribution in [3.8, 4) is 0 Å². The molecule has 2 N–H and O–H groups in total. The molecule has 19 heavy (non-hydrogen) atoms. The molecule has 0 aliphatic rings. The molecule has 2 aromatic rings. The minimum absolute atomic E-state index is 0.191. The second kappa shape index (κ2) is 5.69. The van der Waals surface area contributed by atoms with Gasteiger partial charge in [-0.3, -0.25) is 14.6 Å². The summed E-state index contributed by atoms with van der Waals surface area (Å²) in [6, 6.07) is 3.66. The molecule has 0 saturated carbocycles. The van der Waals surface area contributed by atoms with Crippen LogP contribution in [0.25, 0.3) is 0 Å². The van der Waals surface area contributed by atoms with Crippen molar-refractivity contribution in [2.24, 2.45) is 7.05 Å². The predicted molar refractivity (Wildman–Crippen MR) is 73.1 cm³/mol. The molecule has 0 aliphatic heterocycles. The number of nitrogens with zero attached hydrogens (tertiary/aromatic N) is 3. The van der Waals surface area contributed by atoms with Gasteiger partial charge in [0.25, 0.3) is 5.91 Å². The van der Waals surface area contributed by atoms with Crippen LogP contribution in [0.15, 0.2) is 12.1 Å². The molecule has 0 atom stereocenters. The zero-order valence-electron chi connectivity index (χ0n) is 11.5. The van der Waals surface area contributed by atoms with Crippen molar-refractivity contribution >= 4 is 11.7 Å². The number of aryl methyl sites for hydroxylation is 3. The van der Waals surface area contributed by atoms with E-state index in [-0.39, 0.29) is 5.91 Å². The van der Waals surface area contributed by atoms with Gasteiger partial charge in [-0.1, -0.05) is 20.3 Å². The fourth-order valence-electron chi connectivity index (χ4n) is 1.92. The van der Waals surface area contributed by atoms with Crippen LogP contribution in [0.2, 0.25) is 0 Å². The molecule has 0 unspecified atom stereocenters. The van der Waals surface area contributed by atoms with Gasteiger partial charge < -0.3 is 5.32 Å². The molecular weight excluding hydrogens is 242 g/mol. The van der Waals surface area contributed by atoms with Crippen molar-refractivity contribution in [1.82, 2.24) is 20.0 Å². The lowest BCUT2D eigenvalue weighted by Gasteiger charge is -2.01. The number of hydrogen-bond acceptors (Lipinski definition) is 3. The molecule has 2 heterocycles. The first-order chi connectivity index (χ1) is 9.13. The summed E-state index contributed by atoms with van der Waals surface area (Å²) in [5.41, 5.74) is 2.47. The Bertz CT molecular complexity index is 569. The van der Waals surface area contributed by atoms with Crippen molar-refractivity contribution in [2.75, 3.05) is 5.32 Å². The Morgan fingerprint density at radius 1 is 1.42 bits per heavy atom. The molecule has 2 rings (SSSR count). The van der Waals surface area contributed by atoms with E-state index in [9.17, 15) is 4.79 Å². The Kier molecular flexibility index (Phi) is 3.99. The summed E-state index contributed by atoms with van der Waals surface area (Å²) in [6.07, 6.45) is 2.77. The lowest BCUT2D eigenvalue weighted by Crippen LogP contribution is -2.16. The van der Waals surface area contributed by atoms with Gasteiger partial charge in [0.05, 0.1) is 5.69 Å². The highest BCUT2D eigenvalue weighted by molar-refractivity contribution is 6.02. The van der Waals surface area contributed by atoms with Crippen LogP contribution in [0.3, 0.4) is 0 Å². The standard InChI is InChI=1S/C13H19N5O/c1-4-6-10-8-12(16-15-10)14-13(19)11-7-9(5-2)17-18(11)3/h7-8H,4-6H2,1-3H3,(H2,14,15,16,19). The SMILES string of the molecule is CCCc1cc(NC(=O)c2cc(CC)nn2C)n[nH]1. The van der Waals surface area contributed by atoms with Gasteiger partial charge in [0.15, 0.2) is 5.82 Å². The van der Waals surface area contributed by atoms with E-state index in [0.717, 1.165) is 30.7 Å². The van der Waals surface area contributed by atoms with Crippen molar-refractivity contribution < 1.29 is 4.79 Å². The number of rotatable bonds is 5. The summed E-state index contributed by atoms with van der Waals surface area (Å²) >= 11 is 0. The smallest absolute Gasteiger partial charge is 0.275 e. The third-order valence-corrected chi connectivity index (χ3v) is 2.92. The molecule has 1 amide bonds. The second-order valence-corrected chi connectivity index (χ2v) is 4.48. The van der Waals surface area contributed by atoms with Crippen molar-refractivity contribution in [2.45, 2.75) is 33.1 Å². The molecule has 0 aliphatic carbocycles. The highest BCUT2D eigenvalue weighted by Gasteiger charge is 2.14. The van der Waals surface area contributed by atoms with E-state index in [1.165, 1.54) is 0 Å². The molecule has 0 radical (unpaired) electrons. The number of aromatic amines is 1. The Morgan fingerprint density at radius 2 is 2.21 bits per heavy atom. The van der Waals surface area contributed by atoms with Gasteiger partial charge in [0.2, 0.25) is 0 Å². The normalized spacial score (nSPS) is 10.7. The van der Waals surface area contributed by atoms with E-state index < -0.39 is 0 Å². The predicted octanol–water partition coefficient (Wildman–Crippen LogP) is 1.91. The summed E-state index contributed by atoms with van der Waals surface area (Å²) in [5, 5.41) is 14.0. The first kappa shape index (κ1) is 13.3. The Hall–Kier alpha value is -2.11. The van der Waals surface area contributed by atoms with Gasteiger partial charge in [-0.2, -0.15) is 10.2 Å². The molecular formula is C13H19N5O. The van der Waals surface area contributed by atoms with Crippen molar-refractivity contribution in [3.63, 3.8) is 0 Å². The highest BCUT2D eigenvalue weighted by atomic mass is 16.2. The summed E-state index contributed by atoms with van der Waals surface area (Å²) < 4.78 is 1.59. The van der Waals surface area contributed by atoms with Crippen LogP contribution in [0.5, 0.6) is 0 Å². The van der Waals surface area contributed by atoms with E-state index in [2.05, 4.69) is 27.5 Å². The molecule has 0 aromatic carbocycles. The third-order valence-electron chi connectivity index (χ3n) is 2.92. The first-order valence-electron chi connectivity index (χ1n) is 6.52. The highest BCUT2D eigenvalue weighted by Crippen LogP contribution is 2.10. The van der Waals surface area contributed by atoms with Crippen LogP contribution in [0.4, 0.5) is 5.82 Å². The minimum atomic E-state index is -0.191. The lowest BCUT2D eigenvalue weighted by molar-refractivity contribution is 0.101. The fourth-order valence-corrected chi connectivity index (χ4v) is 1.92. The maximum absolute atomic E-state index is 12.1. The molecule has 0 spiro atoms. The van der Waals surface area contributed by atoms with Crippen LogP contribution >= 0.6 is 0 Å². The van der Waals surface area contributed by atoms with Crippen molar-refractivity contribution in [1.29, 1.82) is 0 Å². The third kappa shape index (κ3) is 3.01. The number of H-pyrrole nitrogens is 1. The quantitative estimate of drug-likeness (QED) is 0.863. The summed E-state index contributed by atoms with van der Waals surface area (Å²) in [7, 11) is 1.77. The fraction of sp³-hybridized carbons (Fsp3) is 0.462. The number of hydrogen-bond donors (Lipinski definition) is 2. The number of carbonyl (C=O) groups is 1. The monoisotopic (exact) mass is 261 g/mol. The van der Waals surface area contributed by atoms with E-state index in [1.54, 1.807) is 17.8 Å². The summed E-state index contributed by atoms with van der Waals surface area (Å²) in [6.45, 7) is 4.11. The zero-order valence-corrected chi connectivity index (χ0v) is 11.5. The summed E-state index contributed by atoms with van der Waals surface area (Å²) in [4.78, 5) is 12.1. The maximum Gasteiger partial charge on any atom is 0.275 e. The van der Waals surface area contributed by atoms with Crippen LogP contribution in [0, 0.1) is 0 Å². The van der Waals surface area contributed by atoms with Gasteiger partial charge in [0.1, 0.15) is 5.69 Å². The number of anilines is 1. The van der Waals surface area contributed by atoms with Gasteiger partial charge in [-0.25, -0.2) is 0 Å². The number of nitrogens with one attached hydrogen (secondary N) is 2. The van der Waals surface area contributed by atoms with Crippen LogP contribution < -0.4 is 5.32 Å². The van der Waals surface area contributed by atoms with E-state index in [0.29, 0.717) is 11.5 Å². The first-order valence-corrected chi connectivity index (χ1v) is 6.52. The van der Waals surface area contributed by atoms with Crippen LogP contribution in [-0.4, -0.2) is 25.9 Å². The van der Waals surface area contributed by atoms with E-state index >= 15 is 0 Å². The Labute approximate surface area is 112 Å². The Balaban J connectivity index is 2.09. The minimum Gasteiger partial charge on any atom is -0.304 e. The van der Waals surface area contributed by atoms with E-state index in [1.807, 2.05) is 13.0 Å². The largest absolute Gasteiger partial charge is 0.304 e. The van der Waals surface area contributed by atoms with Gasteiger partial charge in [-0.05, 0) is 18.9 Å². The molecule has 6 heteroatoms. The number of amides is 1. The molecule has 6 nitrogen and oxygen atoms in total. The number of aromatic nitrogens is 4. The zero-order chi connectivity index (χ0) is 13.8. The molecule has 0 bridgehead atoms. The molecule has 102 valence electrons. The van der Waals surface area contributed by atoms with Crippen molar-refractivity contribution in [3.05, 3.63) is 29.2 Å². The van der Waals surface area contributed by atoms with Gasteiger partial charge in [-0.15, -0.1) is 0 Å². The Morgan fingerprint density at radius 3 is 2.84 bits per heavy atom. The molecule has 0 saturated heterocycles. The maximum atomic E-state index is 12.1. The lowest BCUT2D eigenvalue weighted by atomic mass is 10.2. The topological polar surface area (TPSA) is 75.6 Å². The molecule has 0 fully saturated rings. The molecule has 2 aromatic heterocycles. The summed E-state index contributed by atoms with van der Waals surface area (Å²) in [5.74, 6) is 0.358. The average molecular weight is 261 g/mol.